The van der Waals surface area contributed by atoms with Crippen molar-refractivity contribution in [2.45, 2.75) is 31.8 Å². The number of aromatic nitrogens is 2. The Balaban J connectivity index is 1.83. The Kier molecular flexibility index (Phi) is 4.08. The summed E-state index contributed by atoms with van der Waals surface area (Å²) in [6.07, 6.45) is 5.91. The van der Waals surface area contributed by atoms with E-state index in [0.717, 1.165) is 18.4 Å². The first-order chi connectivity index (χ1) is 8.58. The second-order valence-corrected chi connectivity index (χ2v) is 5.22. The number of nitrogens with zero attached hydrogens (tertiary/aromatic N) is 3. The Hall–Kier alpha value is -1.27. The predicted octanol–water partition coefficient (Wildman–Crippen LogP) is 1.01. The van der Waals surface area contributed by atoms with Crippen molar-refractivity contribution in [3.8, 4) is 0 Å². The fourth-order valence-corrected chi connectivity index (χ4v) is 1.89. The van der Waals surface area contributed by atoms with Gasteiger partial charge in [0, 0.05) is 18.6 Å². The summed E-state index contributed by atoms with van der Waals surface area (Å²) < 4.78 is 0. The first kappa shape index (κ1) is 13.2. The van der Waals surface area contributed by atoms with Crippen LogP contribution in [0.4, 0.5) is 5.82 Å². The monoisotopic (exact) mass is 265 g/mol. The highest BCUT2D eigenvalue weighted by molar-refractivity contribution is 7.80. The van der Waals surface area contributed by atoms with Crippen molar-refractivity contribution in [3.05, 3.63) is 18.1 Å². The highest BCUT2D eigenvalue weighted by Crippen LogP contribution is 2.26. The van der Waals surface area contributed by atoms with E-state index in [1.54, 1.807) is 12.4 Å². The minimum absolute atomic E-state index is 0.274. The molecule has 0 saturated heterocycles. The van der Waals surface area contributed by atoms with Gasteiger partial charge in [0.15, 0.2) is 0 Å². The van der Waals surface area contributed by atoms with Crippen LogP contribution in [0.3, 0.4) is 0 Å². The van der Waals surface area contributed by atoms with Crippen molar-refractivity contribution < 1.29 is 0 Å². The van der Waals surface area contributed by atoms with Gasteiger partial charge in [-0.3, -0.25) is 4.90 Å². The van der Waals surface area contributed by atoms with E-state index in [-0.39, 0.29) is 4.99 Å². The maximum Gasteiger partial charge on any atom is 0.144 e. The number of hydrogen-bond donors (Lipinski definition) is 2. The number of nitrogens with one attached hydrogen (secondary N) is 1. The SMILES string of the molecule is CC(CNc1cnc(C(N)=S)cn1)N(C)C1CC1. The highest BCUT2D eigenvalue weighted by Gasteiger charge is 2.28. The van der Waals surface area contributed by atoms with Crippen molar-refractivity contribution in [3.63, 3.8) is 0 Å². The quantitative estimate of drug-likeness (QED) is 0.748. The molecule has 18 heavy (non-hydrogen) atoms. The molecule has 1 unspecified atom stereocenters. The van der Waals surface area contributed by atoms with Gasteiger partial charge in [-0.1, -0.05) is 12.2 Å². The zero-order valence-electron chi connectivity index (χ0n) is 10.8. The smallest absolute Gasteiger partial charge is 0.144 e. The van der Waals surface area contributed by atoms with Gasteiger partial charge in [-0.05, 0) is 26.8 Å². The molecule has 0 bridgehead atoms. The predicted molar refractivity (Wildman–Crippen MR) is 76.7 cm³/mol. The third kappa shape index (κ3) is 3.36. The lowest BCUT2D eigenvalue weighted by Gasteiger charge is -2.24. The lowest BCUT2D eigenvalue weighted by molar-refractivity contribution is 0.257. The molecule has 0 spiro atoms. The molecule has 0 aromatic carbocycles. The Morgan fingerprint density at radius 3 is 2.78 bits per heavy atom. The van der Waals surface area contributed by atoms with Crippen LogP contribution in [0.15, 0.2) is 12.4 Å². The summed E-state index contributed by atoms with van der Waals surface area (Å²) >= 11 is 4.83. The molecule has 1 fully saturated rings. The minimum Gasteiger partial charge on any atom is -0.388 e. The Labute approximate surface area is 113 Å². The molecule has 1 atom stereocenters. The molecule has 0 amide bonds. The van der Waals surface area contributed by atoms with Gasteiger partial charge >= 0.3 is 0 Å². The maximum atomic E-state index is 5.47. The van der Waals surface area contributed by atoms with Crippen LogP contribution in [0.2, 0.25) is 0 Å². The third-order valence-electron chi connectivity index (χ3n) is 3.30. The molecule has 6 heteroatoms. The molecule has 1 aromatic rings. The van der Waals surface area contributed by atoms with Gasteiger partial charge < -0.3 is 11.1 Å². The van der Waals surface area contributed by atoms with Crippen LogP contribution in [0, 0.1) is 0 Å². The molecular weight excluding hydrogens is 246 g/mol. The Morgan fingerprint density at radius 1 is 1.56 bits per heavy atom. The van der Waals surface area contributed by atoms with Gasteiger partial charge in [0.05, 0.1) is 12.4 Å². The van der Waals surface area contributed by atoms with E-state index in [9.17, 15) is 0 Å². The van der Waals surface area contributed by atoms with Gasteiger partial charge in [-0.25, -0.2) is 9.97 Å². The van der Waals surface area contributed by atoms with Crippen LogP contribution in [-0.4, -0.2) is 45.5 Å². The first-order valence-corrected chi connectivity index (χ1v) is 6.56. The molecule has 1 aliphatic carbocycles. The minimum atomic E-state index is 0.274. The molecule has 2 rings (SSSR count). The topological polar surface area (TPSA) is 67.1 Å². The molecule has 5 nitrogen and oxygen atoms in total. The maximum absolute atomic E-state index is 5.47. The van der Waals surface area contributed by atoms with Gasteiger partial charge in [-0.15, -0.1) is 0 Å². The summed E-state index contributed by atoms with van der Waals surface area (Å²) in [4.78, 5) is 11.1. The van der Waals surface area contributed by atoms with Crippen LogP contribution in [-0.2, 0) is 0 Å². The molecule has 1 aliphatic rings. The summed E-state index contributed by atoms with van der Waals surface area (Å²) in [5, 5.41) is 3.27. The zero-order chi connectivity index (χ0) is 13.1. The van der Waals surface area contributed by atoms with Crippen molar-refractivity contribution in [1.82, 2.24) is 14.9 Å². The molecular formula is C12H19N5S. The largest absolute Gasteiger partial charge is 0.388 e. The summed E-state index contributed by atoms with van der Waals surface area (Å²) in [5.74, 6) is 0.756. The van der Waals surface area contributed by atoms with Crippen molar-refractivity contribution >= 4 is 23.0 Å². The van der Waals surface area contributed by atoms with Crippen LogP contribution in [0.1, 0.15) is 25.5 Å². The molecule has 1 heterocycles. The second-order valence-electron chi connectivity index (χ2n) is 4.78. The number of thiocarbonyl (C=S) groups is 1. The van der Waals surface area contributed by atoms with Gasteiger partial charge in [-0.2, -0.15) is 0 Å². The number of hydrogen-bond acceptors (Lipinski definition) is 5. The average molecular weight is 265 g/mol. The van der Waals surface area contributed by atoms with Crippen LogP contribution < -0.4 is 11.1 Å². The summed E-state index contributed by atoms with van der Waals surface area (Å²) in [5.41, 5.74) is 6.02. The molecule has 3 N–H and O–H groups in total. The molecule has 0 radical (unpaired) electrons. The van der Waals surface area contributed by atoms with E-state index in [0.29, 0.717) is 11.7 Å². The summed E-state index contributed by atoms with van der Waals surface area (Å²) in [6.45, 7) is 3.07. The number of anilines is 1. The number of nitrogens with two attached hydrogens (primary N) is 1. The lowest BCUT2D eigenvalue weighted by Crippen LogP contribution is -2.36. The average Bonchev–Trinajstić information content (AvgIpc) is 3.19. The summed E-state index contributed by atoms with van der Waals surface area (Å²) in [7, 11) is 2.17. The first-order valence-electron chi connectivity index (χ1n) is 6.15. The Bertz CT molecular complexity index is 415. The molecule has 0 aliphatic heterocycles. The van der Waals surface area contributed by atoms with Gasteiger partial charge in [0.25, 0.3) is 0 Å². The van der Waals surface area contributed by atoms with Crippen molar-refractivity contribution in [1.29, 1.82) is 0 Å². The van der Waals surface area contributed by atoms with Gasteiger partial charge in [0.2, 0.25) is 0 Å². The molecule has 98 valence electrons. The number of likely N-dealkylation sites (N-methyl/N-ethyl adjacent to an activating group) is 1. The van der Waals surface area contributed by atoms with E-state index in [1.165, 1.54) is 12.8 Å². The second kappa shape index (κ2) is 5.58. The molecule has 1 aromatic heterocycles. The lowest BCUT2D eigenvalue weighted by atomic mass is 10.3. The van der Waals surface area contributed by atoms with E-state index >= 15 is 0 Å². The zero-order valence-corrected chi connectivity index (χ0v) is 11.6. The van der Waals surface area contributed by atoms with Crippen LogP contribution >= 0.6 is 12.2 Å². The van der Waals surface area contributed by atoms with Gasteiger partial charge in [0.1, 0.15) is 16.5 Å². The van der Waals surface area contributed by atoms with Crippen molar-refractivity contribution in [2.24, 2.45) is 5.73 Å². The van der Waals surface area contributed by atoms with E-state index in [4.69, 9.17) is 18.0 Å². The normalized spacial score (nSPS) is 16.6. The fraction of sp³-hybridized carbons (Fsp3) is 0.583. The molecule has 1 saturated carbocycles. The van der Waals surface area contributed by atoms with E-state index in [1.807, 2.05) is 0 Å². The van der Waals surface area contributed by atoms with Crippen molar-refractivity contribution in [2.75, 3.05) is 18.9 Å². The standard InChI is InChI=1S/C12H19N5S/c1-8(17(2)9-3-4-9)5-15-11-7-14-10(6-16-11)12(13)18/h6-9H,3-5H2,1-2H3,(H2,13,18)(H,15,16). The van der Waals surface area contributed by atoms with Crippen LogP contribution in [0.25, 0.3) is 0 Å². The highest BCUT2D eigenvalue weighted by atomic mass is 32.1. The fourth-order valence-electron chi connectivity index (χ4n) is 1.78. The summed E-state index contributed by atoms with van der Waals surface area (Å²) in [6, 6.07) is 1.25. The van der Waals surface area contributed by atoms with E-state index < -0.39 is 0 Å². The number of rotatable bonds is 6. The third-order valence-corrected chi connectivity index (χ3v) is 3.51. The van der Waals surface area contributed by atoms with E-state index in [2.05, 4.69) is 34.2 Å². The van der Waals surface area contributed by atoms with Crippen LogP contribution in [0.5, 0.6) is 0 Å². The Morgan fingerprint density at radius 2 is 2.28 bits per heavy atom.